The van der Waals surface area contributed by atoms with Gasteiger partial charge in [0.25, 0.3) is 5.56 Å². The maximum atomic E-state index is 12.4. The number of H-pyrrole nitrogens is 1. The number of hydrogen-bond donors (Lipinski definition) is 3. The number of carbonyl (C=O) groups is 1. The predicted molar refractivity (Wildman–Crippen MR) is 108 cm³/mol. The monoisotopic (exact) mass is 384 g/mol. The smallest absolute Gasteiger partial charge is 0.263 e. The molecule has 1 atom stereocenters. The lowest BCUT2D eigenvalue weighted by Gasteiger charge is -2.15. The van der Waals surface area contributed by atoms with Crippen LogP contribution in [0.25, 0.3) is 11.0 Å². The molecule has 0 saturated carbocycles. The van der Waals surface area contributed by atoms with Gasteiger partial charge in [0.05, 0.1) is 13.3 Å². The molecular formula is C19H24N6O3. The molecule has 3 aromatic rings. The zero-order valence-corrected chi connectivity index (χ0v) is 16.3. The van der Waals surface area contributed by atoms with Crippen LogP contribution in [0.1, 0.15) is 20.8 Å². The van der Waals surface area contributed by atoms with Gasteiger partial charge in [0.2, 0.25) is 11.9 Å². The van der Waals surface area contributed by atoms with Gasteiger partial charge in [-0.1, -0.05) is 13.8 Å². The summed E-state index contributed by atoms with van der Waals surface area (Å²) in [5.74, 6) is 1.02. The van der Waals surface area contributed by atoms with Gasteiger partial charge in [0, 0.05) is 12.2 Å². The number of fused-ring (bicyclic) bond motifs is 1. The number of hydrogen-bond acceptors (Lipinski definition) is 6. The maximum Gasteiger partial charge on any atom is 0.263 e. The Kier molecular flexibility index (Phi) is 5.62. The zero-order valence-electron chi connectivity index (χ0n) is 16.3. The van der Waals surface area contributed by atoms with E-state index in [0.29, 0.717) is 34.9 Å². The van der Waals surface area contributed by atoms with Gasteiger partial charge in [-0.15, -0.1) is 0 Å². The van der Waals surface area contributed by atoms with Crippen molar-refractivity contribution in [2.45, 2.75) is 33.4 Å². The van der Waals surface area contributed by atoms with E-state index in [-0.39, 0.29) is 17.4 Å². The number of rotatable bonds is 7. The van der Waals surface area contributed by atoms with Crippen molar-refractivity contribution in [2.75, 3.05) is 17.7 Å². The van der Waals surface area contributed by atoms with Crippen LogP contribution < -0.4 is 20.9 Å². The van der Waals surface area contributed by atoms with E-state index in [0.717, 1.165) is 0 Å². The second-order valence-corrected chi connectivity index (χ2v) is 6.96. The van der Waals surface area contributed by atoms with Gasteiger partial charge in [-0.05, 0) is 37.1 Å². The Morgan fingerprint density at radius 2 is 1.96 bits per heavy atom. The van der Waals surface area contributed by atoms with E-state index < -0.39 is 6.04 Å². The third kappa shape index (κ3) is 4.30. The van der Waals surface area contributed by atoms with Crippen LogP contribution in [0.3, 0.4) is 0 Å². The fourth-order valence-electron chi connectivity index (χ4n) is 2.71. The molecule has 0 radical (unpaired) electrons. The molecule has 0 aliphatic carbocycles. The number of aromatic amines is 1. The highest BCUT2D eigenvalue weighted by molar-refractivity contribution is 5.96. The molecule has 148 valence electrons. The number of amides is 1. The summed E-state index contributed by atoms with van der Waals surface area (Å²) < 4.78 is 6.80. The van der Waals surface area contributed by atoms with Crippen molar-refractivity contribution in [1.82, 2.24) is 19.7 Å². The van der Waals surface area contributed by atoms with Crippen LogP contribution >= 0.6 is 0 Å². The van der Waals surface area contributed by atoms with Gasteiger partial charge in [0.15, 0.2) is 5.65 Å². The molecule has 0 spiro atoms. The van der Waals surface area contributed by atoms with Crippen LogP contribution in [0, 0.1) is 5.92 Å². The molecule has 3 N–H and O–H groups in total. The molecular weight excluding hydrogens is 360 g/mol. The summed E-state index contributed by atoms with van der Waals surface area (Å²) in [6.45, 7) is 6.46. The summed E-state index contributed by atoms with van der Waals surface area (Å²) in [7, 11) is 1.58. The lowest BCUT2D eigenvalue weighted by atomic mass is 10.2. The van der Waals surface area contributed by atoms with E-state index in [2.05, 4.69) is 39.5 Å². The number of nitrogens with one attached hydrogen (secondary N) is 3. The van der Waals surface area contributed by atoms with Gasteiger partial charge < -0.3 is 15.4 Å². The number of aromatic nitrogens is 4. The quantitative estimate of drug-likeness (QED) is 0.576. The second-order valence-electron chi connectivity index (χ2n) is 6.96. The van der Waals surface area contributed by atoms with Crippen LogP contribution in [0.15, 0.2) is 35.3 Å². The normalized spacial score (nSPS) is 12.2. The van der Waals surface area contributed by atoms with Crippen molar-refractivity contribution in [3.05, 3.63) is 40.8 Å². The van der Waals surface area contributed by atoms with E-state index in [1.807, 2.05) is 0 Å². The van der Waals surface area contributed by atoms with Crippen LogP contribution in [0.2, 0.25) is 0 Å². The molecule has 3 rings (SSSR count). The topological polar surface area (TPSA) is 114 Å². The molecule has 1 amide bonds. The predicted octanol–water partition coefficient (Wildman–Crippen LogP) is 2.22. The van der Waals surface area contributed by atoms with Gasteiger partial charge in [-0.25, -0.2) is 4.68 Å². The Morgan fingerprint density at radius 1 is 1.25 bits per heavy atom. The standard InChI is InChI=1S/C19H24N6O3/c1-11(2)10-25-16-15(9-20-25)18(27)24-19(23-16)21-12(3)17(26)22-13-5-7-14(28-4)8-6-13/h5-9,11-12H,10H2,1-4H3,(H,22,26)(H2,21,23,24,27)/t12-/m1/s1. The van der Waals surface area contributed by atoms with Crippen molar-refractivity contribution in [3.63, 3.8) is 0 Å². The number of methoxy groups -OCH3 is 1. The fourth-order valence-corrected chi connectivity index (χ4v) is 2.71. The summed E-state index contributed by atoms with van der Waals surface area (Å²) in [5.41, 5.74) is 0.833. The van der Waals surface area contributed by atoms with Gasteiger partial charge in [-0.3, -0.25) is 14.6 Å². The van der Waals surface area contributed by atoms with Crippen LogP contribution in [-0.4, -0.2) is 38.8 Å². The van der Waals surface area contributed by atoms with Crippen LogP contribution in [-0.2, 0) is 11.3 Å². The van der Waals surface area contributed by atoms with Crippen molar-refractivity contribution >= 4 is 28.6 Å². The molecule has 0 saturated heterocycles. The number of benzene rings is 1. The second kappa shape index (κ2) is 8.12. The molecule has 28 heavy (non-hydrogen) atoms. The van der Waals surface area contributed by atoms with Crippen molar-refractivity contribution in [3.8, 4) is 5.75 Å². The Balaban J connectivity index is 1.75. The first-order chi connectivity index (χ1) is 13.4. The van der Waals surface area contributed by atoms with E-state index >= 15 is 0 Å². The minimum Gasteiger partial charge on any atom is -0.497 e. The number of nitrogens with zero attached hydrogens (tertiary/aromatic N) is 3. The lowest BCUT2D eigenvalue weighted by Crippen LogP contribution is -2.33. The SMILES string of the molecule is COc1ccc(NC(=O)[C@@H](C)Nc2nc3c(cnn3CC(C)C)c(=O)[nH]2)cc1. The highest BCUT2D eigenvalue weighted by atomic mass is 16.5. The molecule has 0 unspecified atom stereocenters. The zero-order chi connectivity index (χ0) is 20.3. The Morgan fingerprint density at radius 3 is 2.61 bits per heavy atom. The van der Waals surface area contributed by atoms with Crippen LogP contribution in [0.4, 0.5) is 11.6 Å². The summed E-state index contributed by atoms with van der Waals surface area (Å²) in [6.07, 6.45) is 1.51. The van der Waals surface area contributed by atoms with E-state index in [1.54, 1.807) is 43.0 Å². The maximum absolute atomic E-state index is 12.4. The molecule has 2 aromatic heterocycles. The number of carbonyl (C=O) groups excluding carboxylic acids is 1. The van der Waals surface area contributed by atoms with Crippen LogP contribution in [0.5, 0.6) is 5.75 Å². The van der Waals surface area contributed by atoms with E-state index in [4.69, 9.17) is 4.74 Å². The molecule has 2 heterocycles. The first-order valence-electron chi connectivity index (χ1n) is 9.04. The molecule has 9 nitrogen and oxygen atoms in total. The average Bonchev–Trinajstić information content (AvgIpc) is 3.05. The fraction of sp³-hybridized carbons (Fsp3) is 0.368. The summed E-state index contributed by atoms with van der Waals surface area (Å²) in [6, 6.07) is 6.40. The minimum atomic E-state index is -0.621. The molecule has 0 aliphatic rings. The first kappa shape index (κ1) is 19.4. The molecule has 9 heteroatoms. The highest BCUT2D eigenvalue weighted by Gasteiger charge is 2.16. The summed E-state index contributed by atoms with van der Waals surface area (Å²) in [5, 5.41) is 10.4. The van der Waals surface area contributed by atoms with Crippen molar-refractivity contribution in [1.29, 1.82) is 0 Å². The third-order valence-corrected chi connectivity index (χ3v) is 4.15. The molecule has 0 bridgehead atoms. The first-order valence-corrected chi connectivity index (χ1v) is 9.04. The van der Waals surface area contributed by atoms with Gasteiger partial charge >= 0.3 is 0 Å². The van der Waals surface area contributed by atoms with Crippen molar-refractivity contribution < 1.29 is 9.53 Å². The van der Waals surface area contributed by atoms with Crippen molar-refractivity contribution in [2.24, 2.45) is 5.92 Å². The molecule has 0 fully saturated rings. The third-order valence-electron chi connectivity index (χ3n) is 4.15. The minimum absolute atomic E-state index is 0.223. The van der Waals surface area contributed by atoms with E-state index in [9.17, 15) is 9.59 Å². The number of anilines is 2. The highest BCUT2D eigenvalue weighted by Crippen LogP contribution is 2.16. The average molecular weight is 384 g/mol. The summed E-state index contributed by atoms with van der Waals surface area (Å²) >= 11 is 0. The Labute approximate surface area is 162 Å². The van der Waals surface area contributed by atoms with Gasteiger partial charge in [-0.2, -0.15) is 10.1 Å². The largest absolute Gasteiger partial charge is 0.497 e. The van der Waals surface area contributed by atoms with E-state index in [1.165, 1.54) is 6.20 Å². The lowest BCUT2D eigenvalue weighted by molar-refractivity contribution is -0.116. The van der Waals surface area contributed by atoms with Gasteiger partial charge in [0.1, 0.15) is 17.2 Å². The number of ether oxygens (including phenoxy) is 1. The Hall–Kier alpha value is -3.36. The Bertz CT molecular complexity index is 1020. The summed E-state index contributed by atoms with van der Waals surface area (Å²) in [4.78, 5) is 31.8. The molecule has 0 aliphatic heterocycles. The molecule has 1 aromatic carbocycles.